The highest BCUT2D eigenvalue weighted by Crippen LogP contribution is 2.11. The highest BCUT2D eigenvalue weighted by atomic mass is 32.2. The van der Waals surface area contributed by atoms with Crippen molar-refractivity contribution in [3.63, 3.8) is 0 Å². The Morgan fingerprint density at radius 2 is 1.60 bits per heavy atom. The van der Waals surface area contributed by atoms with Crippen LogP contribution in [0.3, 0.4) is 0 Å². The smallest absolute Gasteiger partial charge is 0.187 e. The molecule has 6 nitrogen and oxygen atoms in total. The first kappa shape index (κ1) is 17.3. The summed E-state index contributed by atoms with van der Waals surface area (Å²) in [5, 5.41) is 0.803. The summed E-state index contributed by atoms with van der Waals surface area (Å²) in [7, 11) is 0. The lowest BCUT2D eigenvalue weighted by atomic mass is 10.4. The molecule has 0 saturated heterocycles. The van der Waals surface area contributed by atoms with Crippen molar-refractivity contribution in [3.8, 4) is 0 Å². The van der Waals surface area contributed by atoms with Crippen molar-refractivity contribution in [1.82, 2.24) is 9.97 Å². The van der Waals surface area contributed by atoms with E-state index in [4.69, 9.17) is 19.9 Å². The molecule has 2 N–H and O–H groups in total. The molecule has 0 radical (unpaired) electrons. The van der Waals surface area contributed by atoms with Crippen LogP contribution in [0, 0.1) is 0 Å². The molecule has 7 heteroatoms. The van der Waals surface area contributed by atoms with Gasteiger partial charge in [-0.25, -0.2) is 9.97 Å². The van der Waals surface area contributed by atoms with Gasteiger partial charge in [0.1, 0.15) is 0 Å². The summed E-state index contributed by atoms with van der Waals surface area (Å²) in [6.45, 7) is 5.93. The Morgan fingerprint density at radius 1 is 1.00 bits per heavy atom. The normalized spacial score (nSPS) is 10.9. The molecule has 0 saturated carbocycles. The Balaban J connectivity index is 1.98. The third-order valence-electron chi connectivity index (χ3n) is 2.23. The van der Waals surface area contributed by atoms with Gasteiger partial charge in [0, 0.05) is 24.5 Å². The van der Waals surface area contributed by atoms with Gasteiger partial charge in [0.2, 0.25) is 0 Å². The van der Waals surface area contributed by atoms with Crippen LogP contribution in [0.15, 0.2) is 17.6 Å². The predicted molar refractivity (Wildman–Crippen MR) is 78.8 cm³/mol. The van der Waals surface area contributed by atoms with Crippen LogP contribution in [-0.2, 0) is 20.8 Å². The average Bonchev–Trinajstić information content (AvgIpc) is 2.47. The molecule has 0 aromatic carbocycles. The molecule has 0 aliphatic carbocycles. The number of thioether (sulfide) groups is 1. The van der Waals surface area contributed by atoms with Gasteiger partial charge >= 0.3 is 0 Å². The number of nitrogens with zero attached hydrogens (tertiary/aromatic N) is 2. The Labute approximate surface area is 124 Å². The summed E-state index contributed by atoms with van der Waals surface area (Å²) in [6.07, 6.45) is 3.60. The minimum absolute atomic E-state index is 0.504. The maximum Gasteiger partial charge on any atom is 0.187 e. The molecule has 0 amide bonds. The fourth-order valence-electron chi connectivity index (χ4n) is 1.33. The van der Waals surface area contributed by atoms with Gasteiger partial charge in [-0.3, -0.25) is 0 Å². The highest BCUT2D eigenvalue weighted by Gasteiger charge is 1.98. The zero-order valence-electron chi connectivity index (χ0n) is 11.9. The molecule has 0 unspecified atom stereocenters. The molecular formula is C13H23N3O3S. The molecule has 0 atom stereocenters. The van der Waals surface area contributed by atoms with Crippen molar-refractivity contribution in [2.75, 3.05) is 45.3 Å². The topological polar surface area (TPSA) is 79.5 Å². The summed E-state index contributed by atoms with van der Waals surface area (Å²) >= 11 is 1.62. The van der Waals surface area contributed by atoms with Crippen molar-refractivity contribution in [1.29, 1.82) is 0 Å². The minimum atomic E-state index is 0.504. The fourth-order valence-corrected chi connectivity index (χ4v) is 1.85. The van der Waals surface area contributed by atoms with E-state index in [1.54, 1.807) is 24.2 Å². The van der Waals surface area contributed by atoms with Gasteiger partial charge in [-0.05, 0) is 5.75 Å². The van der Waals surface area contributed by atoms with Gasteiger partial charge in [-0.15, -0.1) is 0 Å². The summed E-state index contributed by atoms with van der Waals surface area (Å²) in [5.74, 6) is 0.974. The van der Waals surface area contributed by atoms with Crippen LogP contribution in [0.4, 0.5) is 0 Å². The van der Waals surface area contributed by atoms with E-state index in [0.717, 1.165) is 16.5 Å². The van der Waals surface area contributed by atoms with Crippen molar-refractivity contribution in [2.24, 2.45) is 5.73 Å². The molecule has 114 valence electrons. The maximum absolute atomic E-state index is 5.47. The summed E-state index contributed by atoms with van der Waals surface area (Å²) in [4.78, 5) is 8.48. The lowest BCUT2D eigenvalue weighted by Crippen LogP contribution is -2.13. The van der Waals surface area contributed by atoms with Crippen molar-refractivity contribution >= 4 is 11.8 Å². The third-order valence-corrected chi connectivity index (χ3v) is 2.99. The SMILES string of the molecule is CCSc1ncc(COCCOCCOCCN)cn1. The minimum Gasteiger partial charge on any atom is -0.378 e. The summed E-state index contributed by atoms with van der Waals surface area (Å²) in [5.41, 5.74) is 6.26. The predicted octanol–water partition coefficient (Wildman–Crippen LogP) is 1.10. The molecule has 0 bridgehead atoms. The molecular weight excluding hydrogens is 278 g/mol. The molecule has 20 heavy (non-hydrogen) atoms. The molecule has 0 aliphatic rings. The van der Waals surface area contributed by atoms with Gasteiger partial charge < -0.3 is 19.9 Å². The molecule has 1 aromatic heterocycles. The van der Waals surface area contributed by atoms with Gasteiger partial charge in [-0.1, -0.05) is 18.7 Å². The van der Waals surface area contributed by atoms with E-state index in [2.05, 4.69) is 16.9 Å². The van der Waals surface area contributed by atoms with Crippen LogP contribution in [-0.4, -0.2) is 55.3 Å². The second kappa shape index (κ2) is 12.0. The first-order chi connectivity index (χ1) is 9.86. The van der Waals surface area contributed by atoms with E-state index >= 15 is 0 Å². The molecule has 1 heterocycles. The summed E-state index contributed by atoms with van der Waals surface area (Å²) < 4.78 is 16.0. The number of ether oxygens (including phenoxy) is 3. The monoisotopic (exact) mass is 301 g/mol. The Kier molecular flexibility index (Phi) is 10.4. The van der Waals surface area contributed by atoms with Gasteiger partial charge in [0.25, 0.3) is 0 Å². The zero-order valence-corrected chi connectivity index (χ0v) is 12.7. The largest absolute Gasteiger partial charge is 0.378 e. The van der Waals surface area contributed by atoms with Crippen molar-refractivity contribution in [3.05, 3.63) is 18.0 Å². The standard InChI is InChI=1S/C13H23N3O3S/c1-2-20-13-15-9-12(10-16-13)11-19-8-7-18-6-5-17-4-3-14/h9-10H,2-8,11,14H2,1H3. The second-order valence-electron chi connectivity index (χ2n) is 3.87. The van der Waals surface area contributed by atoms with Crippen LogP contribution in [0.25, 0.3) is 0 Å². The zero-order chi connectivity index (χ0) is 14.5. The van der Waals surface area contributed by atoms with Gasteiger partial charge in [-0.2, -0.15) is 0 Å². The Bertz CT molecular complexity index is 338. The van der Waals surface area contributed by atoms with E-state index in [0.29, 0.717) is 46.2 Å². The molecule has 0 fully saturated rings. The van der Waals surface area contributed by atoms with E-state index in [1.165, 1.54) is 0 Å². The van der Waals surface area contributed by atoms with Crippen LogP contribution >= 0.6 is 11.8 Å². The third kappa shape index (κ3) is 8.44. The Hall–Kier alpha value is -0.730. The van der Waals surface area contributed by atoms with E-state index in [-0.39, 0.29) is 0 Å². The quantitative estimate of drug-likeness (QED) is 0.352. The average molecular weight is 301 g/mol. The van der Waals surface area contributed by atoms with E-state index in [1.807, 2.05) is 0 Å². The lowest BCUT2D eigenvalue weighted by Gasteiger charge is -2.06. The number of hydrogen-bond acceptors (Lipinski definition) is 7. The number of nitrogens with two attached hydrogens (primary N) is 1. The molecule has 0 aliphatic heterocycles. The second-order valence-corrected chi connectivity index (χ2v) is 5.10. The fraction of sp³-hybridized carbons (Fsp3) is 0.692. The van der Waals surface area contributed by atoms with Gasteiger partial charge in [0.05, 0.1) is 39.6 Å². The molecule has 1 aromatic rings. The first-order valence-electron chi connectivity index (χ1n) is 6.73. The van der Waals surface area contributed by atoms with Crippen LogP contribution in [0.5, 0.6) is 0 Å². The van der Waals surface area contributed by atoms with Crippen molar-refractivity contribution < 1.29 is 14.2 Å². The molecule has 0 spiro atoms. The van der Waals surface area contributed by atoms with Gasteiger partial charge in [0.15, 0.2) is 5.16 Å². The number of aromatic nitrogens is 2. The molecule has 1 rings (SSSR count). The highest BCUT2D eigenvalue weighted by molar-refractivity contribution is 7.99. The Morgan fingerprint density at radius 3 is 2.20 bits per heavy atom. The van der Waals surface area contributed by atoms with Crippen LogP contribution < -0.4 is 5.73 Å². The first-order valence-corrected chi connectivity index (χ1v) is 7.72. The van der Waals surface area contributed by atoms with Crippen LogP contribution in [0.1, 0.15) is 12.5 Å². The maximum atomic E-state index is 5.47. The summed E-state index contributed by atoms with van der Waals surface area (Å²) in [6, 6.07) is 0. The lowest BCUT2D eigenvalue weighted by molar-refractivity contribution is 0.0118. The van der Waals surface area contributed by atoms with E-state index in [9.17, 15) is 0 Å². The number of rotatable bonds is 12. The number of hydrogen-bond donors (Lipinski definition) is 1. The van der Waals surface area contributed by atoms with Crippen LogP contribution in [0.2, 0.25) is 0 Å². The van der Waals surface area contributed by atoms with Crippen molar-refractivity contribution in [2.45, 2.75) is 18.7 Å². The van der Waals surface area contributed by atoms with E-state index < -0.39 is 0 Å².